The number of aliphatic carboxylic acids is 1. The van der Waals surface area contributed by atoms with Crippen LogP contribution in [0.2, 0.25) is 0 Å². The molecule has 0 aromatic carbocycles. The number of imide groups is 1. The van der Waals surface area contributed by atoms with Crippen LogP contribution in [0.1, 0.15) is 20.3 Å². The molecule has 0 aromatic heterocycles. The minimum Gasteiger partial charge on any atom is -0.480 e. The standard InChI is InChI=1S/C10H19N3O4S/c1-6(2)12-10(17)13-8(14)5-18-4-3-7(11)9(15)16/h6-7H,3-5,11H2,1-2H3,(H,15,16)(H2,12,13,14,17). The number of amides is 3. The summed E-state index contributed by atoms with van der Waals surface area (Å²) in [5, 5.41) is 13.2. The number of nitrogens with one attached hydrogen (secondary N) is 2. The van der Waals surface area contributed by atoms with Crippen molar-refractivity contribution < 1.29 is 19.5 Å². The first kappa shape index (κ1) is 16.7. The zero-order valence-corrected chi connectivity index (χ0v) is 11.3. The van der Waals surface area contributed by atoms with Gasteiger partial charge in [-0.2, -0.15) is 11.8 Å². The number of hydrogen-bond acceptors (Lipinski definition) is 5. The van der Waals surface area contributed by atoms with Gasteiger partial charge in [-0.3, -0.25) is 14.9 Å². The monoisotopic (exact) mass is 277 g/mol. The Hall–Kier alpha value is -1.28. The van der Waals surface area contributed by atoms with Gasteiger partial charge in [0, 0.05) is 6.04 Å². The molecule has 0 radical (unpaired) electrons. The molecule has 0 saturated carbocycles. The Morgan fingerprint density at radius 1 is 1.33 bits per heavy atom. The van der Waals surface area contributed by atoms with E-state index in [1.165, 1.54) is 11.8 Å². The summed E-state index contributed by atoms with van der Waals surface area (Å²) in [7, 11) is 0. The molecular formula is C10H19N3O4S. The maximum atomic E-state index is 11.3. The Bertz CT molecular complexity index is 309. The molecular weight excluding hydrogens is 258 g/mol. The highest BCUT2D eigenvalue weighted by molar-refractivity contribution is 7.99. The van der Waals surface area contributed by atoms with Crippen LogP contribution < -0.4 is 16.4 Å². The van der Waals surface area contributed by atoms with E-state index in [2.05, 4.69) is 10.6 Å². The van der Waals surface area contributed by atoms with E-state index in [0.29, 0.717) is 5.75 Å². The third kappa shape index (κ3) is 8.82. The minimum atomic E-state index is -1.06. The third-order valence-electron chi connectivity index (χ3n) is 1.80. The molecule has 3 amide bonds. The predicted molar refractivity (Wildman–Crippen MR) is 69.4 cm³/mol. The Labute approximate surface area is 110 Å². The molecule has 0 spiro atoms. The summed E-state index contributed by atoms with van der Waals surface area (Å²) in [5.74, 6) is -0.928. The van der Waals surface area contributed by atoms with Gasteiger partial charge in [0.15, 0.2) is 0 Å². The highest BCUT2D eigenvalue weighted by atomic mass is 32.2. The first-order chi connectivity index (χ1) is 8.32. The van der Waals surface area contributed by atoms with Crippen molar-refractivity contribution >= 4 is 29.7 Å². The van der Waals surface area contributed by atoms with Crippen molar-refractivity contribution in [2.45, 2.75) is 32.4 Å². The lowest BCUT2D eigenvalue weighted by molar-refractivity contribution is -0.138. The molecule has 0 saturated heterocycles. The average molecular weight is 277 g/mol. The second-order valence-corrected chi connectivity index (χ2v) is 5.07. The van der Waals surface area contributed by atoms with Crippen LogP contribution in [0, 0.1) is 0 Å². The Balaban J connectivity index is 3.65. The number of carbonyl (C=O) groups is 3. The van der Waals surface area contributed by atoms with E-state index in [4.69, 9.17) is 10.8 Å². The quantitative estimate of drug-likeness (QED) is 0.476. The molecule has 1 atom stereocenters. The fraction of sp³-hybridized carbons (Fsp3) is 0.700. The van der Waals surface area contributed by atoms with Crippen molar-refractivity contribution in [1.82, 2.24) is 10.6 Å². The van der Waals surface area contributed by atoms with E-state index in [9.17, 15) is 14.4 Å². The summed E-state index contributed by atoms with van der Waals surface area (Å²) < 4.78 is 0. The van der Waals surface area contributed by atoms with Crippen molar-refractivity contribution in [3.05, 3.63) is 0 Å². The number of hydrogen-bond donors (Lipinski definition) is 4. The van der Waals surface area contributed by atoms with Gasteiger partial charge in [0.1, 0.15) is 6.04 Å². The second-order valence-electron chi connectivity index (χ2n) is 3.96. The topological polar surface area (TPSA) is 122 Å². The zero-order valence-electron chi connectivity index (χ0n) is 10.4. The lowest BCUT2D eigenvalue weighted by atomic mass is 10.2. The molecule has 7 nitrogen and oxygen atoms in total. The Morgan fingerprint density at radius 3 is 2.44 bits per heavy atom. The molecule has 8 heteroatoms. The van der Waals surface area contributed by atoms with Gasteiger partial charge in [-0.05, 0) is 26.0 Å². The molecule has 104 valence electrons. The smallest absolute Gasteiger partial charge is 0.321 e. The van der Waals surface area contributed by atoms with Crippen LogP contribution in [-0.4, -0.2) is 46.6 Å². The Morgan fingerprint density at radius 2 is 1.94 bits per heavy atom. The molecule has 0 aliphatic carbocycles. The second kappa shape index (κ2) is 8.76. The van der Waals surface area contributed by atoms with Gasteiger partial charge < -0.3 is 16.2 Å². The zero-order chi connectivity index (χ0) is 14.1. The van der Waals surface area contributed by atoms with Crippen LogP contribution >= 0.6 is 11.8 Å². The first-order valence-electron chi connectivity index (χ1n) is 5.49. The van der Waals surface area contributed by atoms with Crippen LogP contribution in [0.25, 0.3) is 0 Å². The molecule has 5 N–H and O–H groups in total. The van der Waals surface area contributed by atoms with E-state index in [1.807, 2.05) is 0 Å². The average Bonchev–Trinajstić information content (AvgIpc) is 2.22. The minimum absolute atomic E-state index is 0.0426. The van der Waals surface area contributed by atoms with Gasteiger partial charge in [-0.25, -0.2) is 4.79 Å². The van der Waals surface area contributed by atoms with Crippen molar-refractivity contribution in [3.63, 3.8) is 0 Å². The van der Waals surface area contributed by atoms with E-state index in [-0.39, 0.29) is 18.2 Å². The van der Waals surface area contributed by atoms with Crippen molar-refractivity contribution in [2.24, 2.45) is 5.73 Å². The van der Waals surface area contributed by atoms with Crippen LogP contribution in [0.15, 0.2) is 0 Å². The summed E-state index contributed by atoms with van der Waals surface area (Å²) in [6, 6.07) is -1.48. The van der Waals surface area contributed by atoms with Gasteiger partial charge in [-0.15, -0.1) is 0 Å². The highest BCUT2D eigenvalue weighted by Gasteiger charge is 2.12. The number of nitrogens with two attached hydrogens (primary N) is 1. The van der Waals surface area contributed by atoms with E-state index < -0.39 is 23.9 Å². The molecule has 0 heterocycles. The number of carboxylic acids is 1. The SMILES string of the molecule is CC(C)NC(=O)NC(=O)CSCCC(N)C(=O)O. The summed E-state index contributed by atoms with van der Waals surface area (Å²) in [4.78, 5) is 32.8. The summed E-state index contributed by atoms with van der Waals surface area (Å²) in [5.41, 5.74) is 5.29. The number of carbonyl (C=O) groups excluding carboxylic acids is 2. The maximum Gasteiger partial charge on any atom is 0.321 e. The van der Waals surface area contributed by atoms with E-state index in [1.54, 1.807) is 13.8 Å². The molecule has 0 rings (SSSR count). The number of thioether (sulfide) groups is 1. The number of rotatable bonds is 7. The summed E-state index contributed by atoms with van der Waals surface area (Å²) in [6.45, 7) is 3.57. The van der Waals surface area contributed by atoms with Gasteiger partial charge >= 0.3 is 12.0 Å². The molecule has 0 aromatic rings. The van der Waals surface area contributed by atoms with Crippen LogP contribution in [0.5, 0.6) is 0 Å². The maximum absolute atomic E-state index is 11.3. The van der Waals surface area contributed by atoms with Gasteiger partial charge in [0.05, 0.1) is 5.75 Å². The largest absolute Gasteiger partial charge is 0.480 e. The van der Waals surface area contributed by atoms with Crippen LogP contribution in [0.3, 0.4) is 0 Å². The lowest BCUT2D eigenvalue weighted by Crippen LogP contribution is -2.43. The molecule has 1 unspecified atom stereocenters. The Kier molecular flexibility index (Phi) is 8.14. The summed E-state index contributed by atoms with van der Waals surface area (Å²) in [6.07, 6.45) is 0.283. The number of carboxylic acid groups (broad SMARTS) is 1. The van der Waals surface area contributed by atoms with E-state index >= 15 is 0 Å². The molecule has 0 aliphatic rings. The number of urea groups is 1. The van der Waals surface area contributed by atoms with E-state index in [0.717, 1.165) is 0 Å². The molecule has 0 bridgehead atoms. The summed E-state index contributed by atoms with van der Waals surface area (Å²) >= 11 is 1.23. The normalized spacial score (nSPS) is 12.0. The van der Waals surface area contributed by atoms with Gasteiger partial charge in [0.2, 0.25) is 5.91 Å². The highest BCUT2D eigenvalue weighted by Crippen LogP contribution is 2.03. The molecule has 0 fully saturated rings. The van der Waals surface area contributed by atoms with Crippen molar-refractivity contribution in [1.29, 1.82) is 0 Å². The third-order valence-corrected chi connectivity index (χ3v) is 2.79. The van der Waals surface area contributed by atoms with Gasteiger partial charge in [-0.1, -0.05) is 0 Å². The molecule has 0 aliphatic heterocycles. The van der Waals surface area contributed by atoms with Gasteiger partial charge in [0.25, 0.3) is 0 Å². The fourth-order valence-electron chi connectivity index (χ4n) is 0.960. The lowest BCUT2D eigenvalue weighted by Gasteiger charge is -2.09. The van der Waals surface area contributed by atoms with Crippen molar-refractivity contribution in [3.8, 4) is 0 Å². The van der Waals surface area contributed by atoms with Crippen LogP contribution in [-0.2, 0) is 9.59 Å². The first-order valence-corrected chi connectivity index (χ1v) is 6.65. The van der Waals surface area contributed by atoms with Crippen LogP contribution in [0.4, 0.5) is 4.79 Å². The van der Waals surface area contributed by atoms with Crippen molar-refractivity contribution in [2.75, 3.05) is 11.5 Å². The predicted octanol–water partition coefficient (Wildman–Crippen LogP) is -0.244. The fourth-order valence-corrected chi connectivity index (χ4v) is 1.78. The molecule has 18 heavy (non-hydrogen) atoms.